The molecule has 0 radical (unpaired) electrons. The van der Waals surface area contributed by atoms with Crippen LogP contribution in [0.3, 0.4) is 0 Å². The Balaban J connectivity index is 1.75. The highest BCUT2D eigenvalue weighted by atomic mass is 16.7. The van der Waals surface area contributed by atoms with Gasteiger partial charge in [0.1, 0.15) is 0 Å². The number of benzene rings is 1. The topological polar surface area (TPSA) is 44.8 Å². The lowest BCUT2D eigenvalue weighted by atomic mass is 10.1. The van der Waals surface area contributed by atoms with Crippen LogP contribution in [-0.2, 0) is 16.0 Å². The molecule has 0 amide bonds. The molecule has 106 valence electrons. The van der Waals surface area contributed by atoms with Gasteiger partial charge in [0.2, 0.25) is 6.79 Å². The fraction of sp³-hybridized carbons (Fsp3) is 0.312. The van der Waals surface area contributed by atoms with Crippen molar-refractivity contribution in [3.63, 3.8) is 0 Å². The molecule has 1 heterocycles. The van der Waals surface area contributed by atoms with Crippen LogP contribution in [0.15, 0.2) is 42.5 Å². The van der Waals surface area contributed by atoms with Gasteiger partial charge in [0.05, 0.1) is 6.61 Å². The maximum atomic E-state index is 11.0. The molecule has 1 aromatic carbocycles. The zero-order valence-corrected chi connectivity index (χ0v) is 11.5. The Morgan fingerprint density at radius 2 is 2.10 bits per heavy atom. The van der Waals surface area contributed by atoms with Crippen LogP contribution in [0.25, 0.3) is 0 Å². The highest BCUT2D eigenvalue weighted by Gasteiger charge is 2.12. The molecule has 0 bridgehead atoms. The second kappa shape index (κ2) is 7.38. The minimum Gasteiger partial charge on any atom is -0.463 e. The lowest BCUT2D eigenvalue weighted by Gasteiger charge is -1.99. The SMILES string of the molecule is CCOC(=O)/C=C/C/C=C/Cc1ccc2c(c1)OCO2. The Morgan fingerprint density at radius 3 is 2.95 bits per heavy atom. The zero-order chi connectivity index (χ0) is 14.2. The molecule has 4 nitrogen and oxygen atoms in total. The third-order valence-electron chi connectivity index (χ3n) is 2.77. The van der Waals surface area contributed by atoms with Gasteiger partial charge < -0.3 is 14.2 Å². The van der Waals surface area contributed by atoms with Crippen LogP contribution >= 0.6 is 0 Å². The maximum absolute atomic E-state index is 11.0. The van der Waals surface area contributed by atoms with E-state index in [1.54, 1.807) is 13.0 Å². The third-order valence-corrected chi connectivity index (χ3v) is 2.77. The predicted octanol–water partition coefficient (Wildman–Crippen LogP) is 3.02. The minimum atomic E-state index is -0.295. The Hall–Kier alpha value is -2.23. The van der Waals surface area contributed by atoms with Gasteiger partial charge in [-0.1, -0.05) is 24.3 Å². The molecule has 0 fully saturated rings. The fourth-order valence-electron chi connectivity index (χ4n) is 1.82. The van der Waals surface area contributed by atoms with Crippen molar-refractivity contribution < 1.29 is 19.0 Å². The van der Waals surface area contributed by atoms with Gasteiger partial charge >= 0.3 is 5.97 Å². The molecule has 0 spiro atoms. The number of esters is 1. The van der Waals surface area contributed by atoms with Crippen LogP contribution < -0.4 is 9.47 Å². The van der Waals surface area contributed by atoms with Crippen molar-refractivity contribution in [2.45, 2.75) is 19.8 Å². The first kappa shape index (κ1) is 14.2. The zero-order valence-electron chi connectivity index (χ0n) is 11.5. The molecule has 0 atom stereocenters. The van der Waals surface area contributed by atoms with Crippen LogP contribution in [0.4, 0.5) is 0 Å². The first-order valence-electron chi connectivity index (χ1n) is 6.66. The van der Waals surface area contributed by atoms with Crippen molar-refractivity contribution in [2.75, 3.05) is 13.4 Å². The Morgan fingerprint density at radius 1 is 1.25 bits per heavy atom. The van der Waals surface area contributed by atoms with Crippen molar-refractivity contribution >= 4 is 5.97 Å². The van der Waals surface area contributed by atoms with Gasteiger partial charge in [-0.25, -0.2) is 4.79 Å². The summed E-state index contributed by atoms with van der Waals surface area (Å²) in [5.74, 6) is 1.31. The molecule has 0 N–H and O–H groups in total. The van der Waals surface area contributed by atoms with E-state index in [0.717, 1.165) is 17.9 Å². The van der Waals surface area contributed by atoms with E-state index >= 15 is 0 Å². The van der Waals surface area contributed by atoms with E-state index < -0.39 is 0 Å². The summed E-state index contributed by atoms with van der Waals surface area (Å²) in [6.07, 6.45) is 8.85. The van der Waals surface area contributed by atoms with E-state index in [1.807, 2.05) is 24.3 Å². The Bertz CT molecular complexity index is 517. The van der Waals surface area contributed by atoms with Crippen LogP contribution in [0.1, 0.15) is 18.9 Å². The monoisotopic (exact) mass is 274 g/mol. The molecule has 0 aliphatic carbocycles. The number of rotatable bonds is 6. The molecule has 1 aliphatic rings. The van der Waals surface area contributed by atoms with E-state index in [0.29, 0.717) is 19.8 Å². The van der Waals surface area contributed by atoms with Crippen molar-refractivity contribution in [1.82, 2.24) is 0 Å². The normalized spacial score (nSPS) is 13.2. The average Bonchev–Trinajstić information content (AvgIpc) is 2.90. The van der Waals surface area contributed by atoms with Gasteiger partial charge in [-0.2, -0.15) is 0 Å². The molecular formula is C16H18O4. The third kappa shape index (κ3) is 4.16. The van der Waals surface area contributed by atoms with Crippen LogP contribution in [0, 0.1) is 0 Å². The summed E-state index contributed by atoms with van der Waals surface area (Å²) in [5, 5.41) is 0. The van der Waals surface area contributed by atoms with E-state index in [2.05, 4.69) is 6.08 Å². The molecule has 1 aromatic rings. The summed E-state index contributed by atoms with van der Waals surface area (Å²) in [6, 6.07) is 5.93. The standard InChI is InChI=1S/C16H18O4/c1-2-18-16(17)8-6-4-3-5-7-13-9-10-14-15(11-13)20-12-19-14/h3,5-6,8-11H,2,4,7,12H2,1H3/b5-3+,8-6+. The number of carbonyl (C=O) groups is 1. The second-order valence-corrected chi connectivity index (χ2v) is 4.25. The number of hydrogen-bond acceptors (Lipinski definition) is 4. The van der Waals surface area contributed by atoms with Crippen molar-refractivity contribution in [3.8, 4) is 11.5 Å². The highest BCUT2D eigenvalue weighted by Crippen LogP contribution is 2.32. The molecule has 2 rings (SSSR count). The summed E-state index contributed by atoms with van der Waals surface area (Å²) in [7, 11) is 0. The summed E-state index contributed by atoms with van der Waals surface area (Å²) in [5.41, 5.74) is 1.17. The second-order valence-electron chi connectivity index (χ2n) is 4.25. The summed E-state index contributed by atoms with van der Waals surface area (Å²) >= 11 is 0. The van der Waals surface area contributed by atoms with Gasteiger partial charge in [0, 0.05) is 6.08 Å². The molecule has 20 heavy (non-hydrogen) atoms. The molecular weight excluding hydrogens is 256 g/mol. The summed E-state index contributed by atoms with van der Waals surface area (Å²) in [4.78, 5) is 11.0. The van der Waals surface area contributed by atoms with Crippen LogP contribution in [0.5, 0.6) is 11.5 Å². The maximum Gasteiger partial charge on any atom is 0.330 e. The van der Waals surface area contributed by atoms with E-state index in [1.165, 1.54) is 11.6 Å². The number of ether oxygens (including phenoxy) is 3. The van der Waals surface area contributed by atoms with Crippen molar-refractivity contribution in [2.24, 2.45) is 0 Å². The van der Waals surface area contributed by atoms with Gasteiger partial charge in [0.25, 0.3) is 0 Å². The minimum absolute atomic E-state index is 0.295. The van der Waals surface area contributed by atoms with E-state index in [-0.39, 0.29) is 5.97 Å². The molecule has 1 aliphatic heterocycles. The molecule has 0 aromatic heterocycles. The van der Waals surface area contributed by atoms with Gasteiger partial charge in [-0.05, 0) is 37.5 Å². The summed E-state index contributed by atoms with van der Waals surface area (Å²) in [6.45, 7) is 2.49. The van der Waals surface area contributed by atoms with Gasteiger partial charge in [-0.3, -0.25) is 0 Å². The van der Waals surface area contributed by atoms with Crippen molar-refractivity contribution in [1.29, 1.82) is 0 Å². The molecule has 0 saturated carbocycles. The first-order valence-corrected chi connectivity index (χ1v) is 6.66. The van der Waals surface area contributed by atoms with E-state index in [9.17, 15) is 4.79 Å². The quantitative estimate of drug-likeness (QED) is 0.454. The Kier molecular flexibility index (Phi) is 5.24. The van der Waals surface area contributed by atoms with Crippen LogP contribution in [-0.4, -0.2) is 19.4 Å². The van der Waals surface area contributed by atoms with Gasteiger partial charge in [0.15, 0.2) is 11.5 Å². The highest BCUT2D eigenvalue weighted by molar-refractivity contribution is 5.81. The largest absolute Gasteiger partial charge is 0.463 e. The van der Waals surface area contributed by atoms with E-state index in [4.69, 9.17) is 14.2 Å². The number of hydrogen-bond donors (Lipinski definition) is 0. The fourth-order valence-corrected chi connectivity index (χ4v) is 1.82. The molecule has 0 unspecified atom stereocenters. The number of fused-ring (bicyclic) bond motifs is 1. The molecule has 4 heteroatoms. The lowest BCUT2D eigenvalue weighted by Crippen LogP contribution is -1.98. The van der Waals surface area contributed by atoms with Crippen LogP contribution in [0.2, 0.25) is 0 Å². The average molecular weight is 274 g/mol. The molecule has 0 saturated heterocycles. The lowest BCUT2D eigenvalue weighted by molar-refractivity contribution is -0.137. The number of allylic oxidation sites excluding steroid dienone is 3. The predicted molar refractivity (Wildman–Crippen MR) is 75.8 cm³/mol. The smallest absolute Gasteiger partial charge is 0.330 e. The van der Waals surface area contributed by atoms with Gasteiger partial charge in [-0.15, -0.1) is 0 Å². The van der Waals surface area contributed by atoms with Crippen molar-refractivity contribution in [3.05, 3.63) is 48.1 Å². The number of carbonyl (C=O) groups excluding carboxylic acids is 1. The first-order chi connectivity index (χ1) is 9.79. The Labute approximate surface area is 118 Å². The summed E-state index contributed by atoms with van der Waals surface area (Å²) < 4.78 is 15.4.